The molecule has 0 amide bonds. The molecule has 2 aromatic rings. The van der Waals surface area contributed by atoms with E-state index in [1.54, 1.807) is 0 Å². The Balaban J connectivity index is 2.34. The van der Waals surface area contributed by atoms with Crippen molar-refractivity contribution in [3.63, 3.8) is 0 Å². The number of rotatable bonds is 3. The van der Waals surface area contributed by atoms with E-state index >= 15 is 0 Å². The molecule has 0 radical (unpaired) electrons. The topological polar surface area (TPSA) is 68.3 Å². The van der Waals surface area contributed by atoms with E-state index in [4.69, 9.17) is 11.6 Å². The first-order valence-corrected chi connectivity index (χ1v) is 9.18. The monoisotopic (exact) mass is 392 g/mol. The van der Waals surface area contributed by atoms with Gasteiger partial charge in [0.15, 0.2) is 0 Å². The highest BCUT2D eigenvalue weighted by molar-refractivity contribution is 7.85. The Hall–Kier alpha value is -1.84. The van der Waals surface area contributed by atoms with Gasteiger partial charge < -0.3 is 5.32 Å². The molecular weight excluding hydrogens is 381 g/mol. The molecule has 1 atom stereocenters. The van der Waals surface area contributed by atoms with Gasteiger partial charge in [-0.15, -0.1) is 0 Å². The summed E-state index contributed by atoms with van der Waals surface area (Å²) in [5, 5.41) is 2.90. The molecule has 3 rings (SSSR count). The van der Waals surface area contributed by atoms with Crippen molar-refractivity contribution >= 4 is 33.2 Å². The molecule has 1 aliphatic rings. The zero-order chi connectivity index (χ0) is 18.5. The number of hydrogen-bond acceptors (Lipinski definition) is 5. The van der Waals surface area contributed by atoms with Crippen LogP contribution >= 0.6 is 11.6 Å². The fraction of sp³-hybridized carbons (Fsp3) is 0.267. The molecule has 0 spiro atoms. The van der Waals surface area contributed by atoms with Crippen LogP contribution in [0.1, 0.15) is 11.1 Å². The predicted octanol–water partition coefficient (Wildman–Crippen LogP) is 3.62. The summed E-state index contributed by atoms with van der Waals surface area (Å²) in [6.07, 6.45) is -2.83. The lowest BCUT2D eigenvalue weighted by Crippen LogP contribution is -2.50. The van der Waals surface area contributed by atoms with Crippen LogP contribution in [-0.2, 0) is 19.7 Å². The lowest BCUT2D eigenvalue weighted by atomic mass is 9.72. The molecule has 10 heteroatoms. The first-order valence-electron chi connectivity index (χ1n) is 6.98. The maximum atomic E-state index is 14.3. The van der Waals surface area contributed by atoms with E-state index < -0.39 is 28.3 Å². The van der Waals surface area contributed by atoms with Crippen LogP contribution in [0.25, 0.3) is 0 Å². The summed E-state index contributed by atoms with van der Waals surface area (Å²) in [4.78, 5) is 3.94. The van der Waals surface area contributed by atoms with E-state index in [1.165, 1.54) is 30.5 Å². The quantitative estimate of drug-likeness (QED) is 0.808. The zero-order valence-corrected chi connectivity index (χ0v) is 14.3. The van der Waals surface area contributed by atoms with Gasteiger partial charge in [0.1, 0.15) is 11.2 Å². The van der Waals surface area contributed by atoms with Gasteiger partial charge in [0.2, 0.25) is 0 Å². The van der Waals surface area contributed by atoms with Crippen LogP contribution in [0, 0.1) is 0 Å². The van der Waals surface area contributed by atoms with Crippen molar-refractivity contribution in [1.82, 2.24) is 4.98 Å². The number of aromatic nitrogens is 1. The minimum atomic E-state index is -4.86. The van der Waals surface area contributed by atoms with Crippen LogP contribution in [-0.4, -0.2) is 32.4 Å². The molecule has 2 heterocycles. The third kappa shape index (κ3) is 3.07. The minimum Gasteiger partial charge on any atom is -0.340 e. The van der Waals surface area contributed by atoms with Gasteiger partial charge in [0.25, 0.3) is 10.1 Å². The van der Waals surface area contributed by atoms with E-state index in [0.717, 1.165) is 6.07 Å². The molecule has 5 nitrogen and oxygen atoms in total. The summed E-state index contributed by atoms with van der Waals surface area (Å²) >= 11 is 5.90. The van der Waals surface area contributed by atoms with Crippen LogP contribution < -0.4 is 5.32 Å². The highest BCUT2D eigenvalue weighted by Crippen LogP contribution is 2.54. The number of alkyl halides is 3. The Morgan fingerprint density at radius 1 is 1.28 bits per heavy atom. The van der Waals surface area contributed by atoms with Crippen LogP contribution in [0.15, 0.2) is 36.5 Å². The van der Waals surface area contributed by atoms with E-state index in [2.05, 4.69) is 14.5 Å². The fourth-order valence-electron chi connectivity index (χ4n) is 2.84. The largest absolute Gasteiger partial charge is 0.404 e. The molecule has 1 aliphatic heterocycles. The second kappa shape index (κ2) is 5.86. The Morgan fingerprint density at radius 2 is 2.00 bits per heavy atom. The lowest BCUT2D eigenvalue weighted by molar-refractivity contribution is -0.185. The summed E-state index contributed by atoms with van der Waals surface area (Å²) in [5.41, 5.74) is -3.06. The molecule has 25 heavy (non-hydrogen) atoms. The average Bonchev–Trinajstić information content (AvgIpc) is 2.49. The number of nitrogens with one attached hydrogen (secondary N) is 1. The Bertz CT molecular complexity index is 934. The molecule has 0 bridgehead atoms. The molecule has 1 aromatic carbocycles. The number of pyridine rings is 1. The SMILES string of the molecule is CS(=O)(=O)OCC1(C(F)(F)F)c2cc(Cl)ccc2Nc2ncccc21. The molecule has 0 fully saturated rings. The van der Waals surface area contributed by atoms with Crippen LogP contribution in [0.3, 0.4) is 0 Å². The number of hydrogen-bond donors (Lipinski definition) is 1. The summed E-state index contributed by atoms with van der Waals surface area (Å²) in [7, 11) is -4.11. The molecular formula is C15H12ClF3N2O3S. The number of benzene rings is 1. The summed E-state index contributed by atoms with van der Waals surface area (Å²) < 4.78 is 70.2. The van der Waals surface area contributed by atoms with Crippen LogP contribution in [0.4, 0.5) is 24.7 Å². The predicted molar refractivity (Wildman–Crippen MR) is 86.6 cm³/mol. The van der Waals surface area contributed by atoms with E-state index in [0.29, 0.717) is 6.26 Å². The molecule has 1 aromatic heterocycles. The van der Waals surface area contributed by atoms with Crippen molar-refractivity contribution in [2.45, 2.75) is 11.6 Å². The van der Waals surface area contributed by atoms with Crippen molar-refractivity contribution in [3.8, 4) is 0 Å². The normalized spacial score (nSPS) is 19.7. The average molecular weight is 393 g/mol. The molecule has 0 saturated heterocycles. The van der Waals surface area contributed by atoms with Crippen LogP contribution in [0.5, 0.6) is 0 Å². The van der Waals surface area contributed by atoms with E-state index in [1.807, 2.05) is 0 Å². The molecule has 1 unspecified atom stereocenters. The van der Waals surface area contributed by atoms with Gasteiger partial charge in [-0.25, -0.2) is 4.98 Å². The van der Waals surface area contributed by atoms with Gasteiger partial charge in [-0.05, 0) is 29.8 Å². The maximum Gasteiger partial charge on any atom is 0.404 e. The van der Waals surface area contributed by atoms with Crippen molar-refractivity contribution in [1.29, 1.82) is 0 Å². The highest BCUT2D eigenvalue weighted by Gasteiger charge is 2.61. The second-order valence-electron chi connectivity index (χ2n) is 5.58. The first kappa shape index (κ1) is 18.0. The van der Waals surface area contributed by atoms with Gasteiger partial charge in [-0.3, -0.25) is 4.18 Å². The number of nitrogens with zero attached hydrogens (tertiary/aromatic N) is 1. The van der Waals surface area contributed by atoms with Crippen molar-refractivity contribution in [2.75, 3.05) is 18.2 Å². The summed E-state index contributed by atoms with van der Waals surface area (Å²) in [6.45, 7) is -1.15. The number of anilines is 2. The van der Waals surface area contributed by atoms with Gasteiger partial charge in [-0.1, -0.05) is 17.7 Å². The smallest absolute Gasteiger partial charge is 0.340 e. The van der Waals surface area contributed by atoms with Gasteiger partial charge in [-0.2, -0.15) is 21.6 Å². The van der Waals surface area contributed by atoms with Crippen LogP contribution in [0.2, 0.25) is 5.02 Å². The third-order valence-electron chi connectivity index (χ3n) is 3.94. The zero-order valence-electron chi connectivity index (χ0n) is 12.8. The second-order valence-corrected chi connectivity index (χ2v) is 7.66. The molecule has 0 aliphatic carbocycles. The first-order chi connectivity index (χ1) is 11.5. The van der Waals surface area contributed by atoms with Gasteiger partial charge in [0, 0.05) is 22.5 Å². The lowest BCUT2D eigenvalue weighted by Gasteiger charge is -2.41. The van der Waals surface area contributed by atoms with Gasteiger partial charge >= 0.3 is 6.18 Å². The molecule has 0 saturated carbocycles. The Morgan fingerprint density at radius 3 is 2.64 bits per heavy atom. The fourth-order valence-corrected chi connectivity index (χ4v) is 3.40. The van der Waals surface area contributed by atoms with E-state index in [-0.39, 0.29) is 27.7 Å². The van der Waals surface area contributed by atoms with E-state index in [9.17, 15) is 21.6 Å². The third-order valence-corrected chi connectivity index (χ3v) is 4.72. The minimum absolute atomic E-state index is 0.0215. The number of halogens is 4. The highest BCUT2D eigenvalue weighted by atomic mass is 35.5. The molecule has 1 N–H and O–H groups in total. The van der Waals surface area contributed by atoms with Crippen molar-refractivity contribution in [2.24, 2.45) is 0 Å². The summed E-state index contributed by atoms with van der Waals surface area (Å²) in [5.74, 6) is -0.0215. The van der Waals surface area contributed by atoms with Gasteiger partial charge in [0.05, 0.1) is 12.9 Å². The standard InChI is InChI=1S/C15H12ClF3N2O3S/c1-25(22,23)24-8-14(15(17,18)19)10-3-2-6-20-13(10)21-12-5-4-9(16)7-11(12)14/h2-7H,8H2,1H3,(H,20,21). The molecule has 134 valence electrons. The maximum absolute atomic E-state index is 14.3. The Kier molecular flexibility index (Phi) is 4.21. The van der Waals surface area contributed by atoms with Crippen molar-refractivity contribution in [3.05, 3.63) is 52.7 Å². The Labute approximate surface area is 146 Å². The van der Waals surface area contributed by atoms with Crippen molar-refractivity contribution < 1.29 is 25.8 Å². The summed E-state index contributed by atoms with van der Waals surface area (Å²) in [6, 6.07) is 6.55. The number of fused-ring (bicyclic) bond motifs is 2.